The van der Waals surface area contributed by atoms with Gasteiger partial charge in [0.1, 0.15) is 0 Å². The number of benzene rings is 4. The van der Waals surface area contributed by atoms with Gasteiger partial charge in [-0.15, -0.1) is 0 Å². The van der Waals surface area contributed by atoms with Gasteiger partial charge in [0.15, 0.2) is 0 Å². The van der Waals surface area contributed by atoms with Crippen LogP contribution in [0, 0.1) is 0 Å². The lowest BCUT2D eigenvalue weighted by atomic mass is 10.0. The maximum atomic E-state index is 3.63. The normalized spacial score (nSPS) is 11.9. The molecule has 6 rings (SSSR count). The van der Waals surface area contributed by atoms with Crippen molar-refractivity contribution in [1.82, 2.24) is 9.55 Å². The van der Waals surface area contributed by atoms with Gasteiger partial charge in [-0.05, 0) is 35.7 Å². The molecule has 2 heterocycles. The standard InChI is InChI=1S/C26H20N2/c1-28-24-12-5-3-9-20(24)21-14-13-17(16-25(21)28)15-18-7-6-10-22-19-8-2-4-11-23(19)27-26(18)22/h2-14,16,27H,15H2,1H3. The van der Waals surface area contributed by atoms with Gasteiger partial charge in [-0.3, -0.25) is 0 Å². The van der Waals surface area contributed by atoms with Gasteiger partial charge >= 0.3 is 0 Å². The zero-order valence-corrected chi connectivity index (χ0v) is 15.7. The lowest BCUT2D eigenvalue weighted by Crippen LogP contribution is -1.92. The summed E-state index contributed by atoms with van der Waals surface area (Å²) in [5.74, 6) is 0. The Labute approximate surface area is 163 Å². The van der Waals surface area contributed by atoms with Crippen LogP contribution in [0.3, 0.4) is 0 Å². The van der Waals surface area contributed by atoms with Gasteiger partial charge < -0.3 is 9.55 Å². The van der Waals surface area contributed by atoms with Crippen molar-refractivity contribution < 1.29 is 0 Å². The van der Waals surface area contributed by atoms with Crippen LogP contribution < -0.4 is 0 Å². The first kappa shape index (κ1) is 15.5. The zero-order chi connectivity index (χ0) is 18.7. The number of aromatic nitrogens is 2. The molecule has 1 N–H and O–H groups in total. The summed E-state index contributed by atoms with van der Waals surface area (Å²) < 4.78 is 2.30. The molecule has 0 spiro atoms. The van der Waals surface area contributed by atoms with E-state index in [1.165, 1.54) is 54.7 Å². The van der Waals surface area contributed by atoms with E-state index in [9.17, 15) is 0 Å². The minimum atomic E-state index is 0.918. The van der Waals surface area contributed by atoms with Crippen molar-refractivity contribution in [3.05, 3.63) is 96.1 Å². The minimum Gasteiger partial charge on any atom is -0.354 e. The van der Waals surface area contributed by atoms with E-state index < -0.39 is 0 Å². The topological polar surface area (TPSA) is 20.7 Å². The van der Waals surface area contributed by atoms with Gasteiger partial charge in [-0.25, -0.2) is 0 Å². The SMILES string of the molecule is Cn1c2ccccc2c2ccc(Cc3cccc4c3[nH]c3ccccc34)cc21. The molecule has 2 nitrogen and oxygen atoms in total. The Morgan fingerprint density at radius 1 is 0.679 bits per heavy atom. The number of hydrogen-bond donors (Lipinski definition) is 1. The summed E-state index contributed by atoms with van der Waals surface area (Å²) in [6, 6.07) is 30.7. The van der Waals surface area contributed by atoms with Crippen molar-refractivity contribution in [2.75, 3.05) is 0 Å². The predicted molar refractivity (Wildman–Crippen MR) is 119 cm³/mol. The molecule has 4 aromatic carbocycles. The van der Waals surface area contributed by atoms with Gasteiger partial charge in [0.05, 0.1) is 5.52 Å². The fraction of sp³-hybridized carbons (Fsp3) is 0.0769. The van der Waals surface area contributed by atoms with Crippen LogP contribution in [0.1, 0.15) is 11.1 Å². The Morgan fingerprint density at radius 3 is 2.36 bits per heavy atom. The maximum absolute atomic E-state index is 3.63. The third-order valence-corrected chi connectivity index (χ3v) is 6.00. The number of aryl methyl sites for hydroxylation is 1. The molecule has 0 bridgehead atoms. The number of H-pyrrole nitrogens is 1. The zero-order valence-electron chi connectivity index (χ0n) is 15.7. The summed E-state index contributed by atoms with van der Waals surface area (Å²) in [7, 11) is 2.16. The van der Waals surface area contributed by atoms with Gasteiger partial charge in [0.2, 0.25) is 0 Å². The molecular weight excluding hydrogens is 340 g/mol. The fourth-order valence-electron chi connectivity index (χ4n) is 4.62. The smallest absolute Gasteiger partial charge is 0.0500 e. The molecule has 0 aliphatic heterocycles. The molecule has 134 valence electrons. The van der Waals surface area contributed by atoms with E-state index in [1.54, 1.807) is 0 Å². The van der Waals surface area contributed by atoms with E-state index >= 15 is 0 Å². The summed E-state index contributed by atoms with van der Waals surface area (Å²) in [6.07, 6.45) is 0.918. The van der Waals surface area contributed by atoms with Crippen LogP contribution in [0.15, 0.2) is 84.9 Å². The van der Waals surface area contributed by atoms with E-state index in [1.807, 2.05) is 0 Å². The molecule has 0 unspecified atom stereocenters. The second kappa shape index (κ2) is 5.74. The molecular formula is C26H20N2. The first-order valence-corrected chi connectivity index (χ1v) is 9.74. The number of nitrogens with one attached hydrogen (secondary N) is 1. The number of aromatic amines is 1. The summed E-state index contributed by atoms with van der Waals surface area (Å²) in [5, 5.41) is 5.25. The van der Waals surface area contributed by atoms with Crippen LogP contribution in [0.2, 0.25) is 0 Å². The number of nitrogens with zero attached hydrogens (tertiary/aromatic N) is 1. The van der Waals surface area contributed by atoms with Crippen LogP contribution in [-0.2, 0) is 13.5 Å². The van der Waals surface area contributed by atoms with Crippen molar-refractivity contribution in [3.63, 3.8) is 0 Å². The molecule has 0 amide bonds. The average Bonchev–Trinajstić information content (AvgIpc) is 3.25. The lowest BCUT2D eigenvalue weighted by molar-refractivity contribution is 1.01. The van der Waals surface area contributed by atoms with E-state index in [-0.39, 0.29) is 0 Å². The second-order valence-corrected chi connectivity index (χ2v) is 7.61. The lowest BCUT2D eigenvalue weighted by Gasteiger charge is -2.06. The molecule has 2 aromatic heterocycles. The molecule has 0 aliphatic rings. The Bertz CT molecular complexity index is 1500. The highest BCUT2D eigenvalue weighted by atomic mass is 14.9. The molecule has 2 heteroatoms. The van der Waals surface area contributed by atoms with Gasteiger partial charge in [-0.1, -0.05) is 66.7 Å². The minimum absolute atomic E-state index is 0.918. The first-order chi connectivity index (χ1) is 13.8. The Hall–Kier alpha value is -3.52. The van der Waals surface area contributed by atoms with E-state index in [2.05, 4.69) is 102 Å². The molecule has 0 atom stereocenters. The van der Waals surface area contributed by atoms with Crippen LogP contribution in [0.5, 0.6) is 0 Å². The molecule has 0 saturated heterocycles. The van der Waals surface area contributed by atoms with Crippen LogP contribution >= 0.6 is 0 Å². The first-order valence-electron chi connectivity index (χ1n) is 9.74. The van der Waals surface area contributed by atoms with Crippen molar-refractivity contribution in [2.45, 2.75) is 6.42 Å². The summed E-state index contributed by atoms with van der Waals surface area (Å²) >= 11 is 0. The van der Waals surface area contributed by atoms with Crippen LogP contribution in [0.25, 0.3) is 43.6 Å². The quantitative estimate of drug-likeness (QED) is 0.361. The third kappa shape index (κ3) is 2.15. The maximum Gasteiger partial charge on any atom is 0.0500 e. The second-order valence-electron chi connectivity index (χ2n) is 7.61. The summed E-state index contributed by atoms with van der Waals surface area (Å²) in [4.78, 5) is 3.63. The largest absolute Gasteiger partial charge is 0.354 e. The summed E-state index contributed by atoms with van der Waals surface area (Å²) in [6.45, 7) is 0. The average molecular weight is 360 g/mol. The predicted octanol–water partition coefficient (Wildman–Crippen LogP) is 6.56. The van der Waals surface area contributed by atoms with E-state index in [4.69, 9.17) is 0 Å². The highest BCUT2D eigenvalue weighted by Gasteiger charge is 2.11. The van der Waals surface area contributed by atoms with Crippen molar-refractivity contribution in [1.29, 1.82) is 0 Å². The highest BCUT2D eigenvalue weighted by molar-refractivity contribution is 6.09. The molecule has 28 heavy (non-hydrogen) atoms. The third-order valence-electron chi connectivity index (χ3n) is 6.00. The van der Waals surface area contributed by atoms with Gasteiger partial charge in [0.25, 0.3) is 0 Å². The van der Waals surface area contributed by atoms with Crippen molar-refractivity contribution in [2.24, 2.45) is 7.05 Å². The molecule has 0 radical (unpaired) electrons. The molecule has 0 aliphatic carbocycles. The van der Waals surface area contributed by atoms with Crippen molar-refractivity contribution >= 4 is 43.6 Å². The van der Waals surface area contributed by atoms with Crippen LogP contribution in [-0.4, -0.2) is 9.55 Å². The number of hydrogen-bond acceptors (Lipinski definition) is 0. The van der Waals surface area contributed by atoms with E-state index in [0.717, 1.165) is 6.42 Å². The number of fused-ring (bicyclic) bond motifs is 6. The monoisotopic (exact) mass is 360 g/mol. The number of rotatable bonds is 2. The highest BCUT2D eigenvalue weighted by Crippen LogP contribution is 2.31. The van der Waals surface area contributed by atoms with Gasteiger partial charge in [-0.2, -0.15) is 0 Å². The van der Waals surface area contributed by atoms with Crippen molar-refractivity contribution in [3.8, 4) is 0 Å². The molecule has 0 fully saturated rings. The van der Waals surface area contributed by atoms with Crippen LogP contribution in [0.4, 0.5) is 0 Å². The Balaban J connectivity index is 1.51. The fourth-order valence-corrected chi connectivity index (χ4v) is 4.62. The van der Waals surface area contributed by atoms with E-state index in [0.29, 0.717) is 0 Å². The summed E-state index contributed by atoms with van der Waals surface area (Å²) in [5.41, 5.74) is 7.71. The Kier molecular flexibility index (Phi) is 3.18. The number of para-hydroxylation sites is 3. The molecule has 6 aromatic rings. The van der Waals surface area contributed by atoms with Gasteiger partial charge in [0, 0.05) is 45.1 Å². The molecule has 0 saturated carbocycles. The Morgan fingerprint density at radius 2 is 1.43 bits per heavy atom.